The molecule has 1 N–H and O–H groups in total. The minimum atomic E-state index is 0. The number of nitrogens with zero attached hydrogens (tertiary/aromatic N) is 2. The third kappa shape index (κ3) is 2.88. The van der Waals surface area contributed by atoms with Crippen molar-refractivity contribution in [3.8, 4) is 0 Å². The Morgan fingerprint density at radius 3 is 2.61 bits per heavy atom. The topological polar surface area (TPSA) is 37.8 Å². The van der Waals surface area contributed by atoms with Crippen LogP contribution >= 0.6 is 35.8 Å². The Morgan fingerprint density at radius 2 is 1.94 bits per heavy atom. The number of fused-ring (bicyclic) bond motifs is 1. The molecule has 0 spiro atoms. The van der Waals surface area contributed by atoms with E-state index in [1.54, 1.807) is 11.8 Å². The number of hydrogen-bond acceptors (Lipinski definition) is 4. The van der Waals surface area contributed by atoms with E-state index >= 15 is 0 Å². The predicted molar refractivity (Wildman–Crippen MR) is 78.9 cm³/mol. The summed E-state index contributed by atoms with van der Waals surface area (Å²) in [5.41, 5.74) is 1.76. The molecule has 0 radical (unpaired) electrons. The van der Waals surface area contributed by atoms with Crippen molar-refractivity contribution in [3.05, 3.63) is 29.4 Å². The van der Waals surface area contributed by atoms with E-state index in [1.165, 1.54) is 0 Å². The molecule has 1 aromatic carbocycles. The summed E-state index contributed by atoms with van der Waals surface area (Å²) in [7, 11) is 0. The van der Waals surface area contributed by atoms with Crippen LogP contribution in [0, 0.1) is 0 Å². The van der Waals surface area contributed by atoms with E-state index in [2.05, 4.69) is 15.3 Å². The van der Waals surface area contributed by atoms with Gasteiger partial charge in [-0.2, -0.15) is 0 Å². The molecule has 2 aromatic rings. The van der Waals surface area contributed by atoms with Crippen molar-refractivity contribution in [2.45, 2.75) is 16.7 Å². The Balaban J connectivity index is 0.00000120. The van der Waals surface area contributed by atoms with Crippen LogP contribution in [0.2, 0.25) is 5.15 Å². The van der Waals surface area contributed by atoms with Crippen molar-refractivity contribution in [1.82, 2.24) is 15.3 Å². The number of para-hydroxylation sites is 2. The first-order valence-electron chi connectivity index (χ1n) is 5.62. The third-order valence-electron chi connectivity index (χ3n) is 2.79. The van der Waals surface area contributed by atoms with Gasteiger partial charge in [-0.05, 0) is 25.1 Å². The van der Waals surface area contributed by atoms with E-state index in [0.717, 1.165) is 35.6 Å². The number of halogens is 2. The molecule has 0 saturated carbocycles. The smallest absolute Gasteiger partial charge is 0.161 e. The van der Waals surface area contributed by atoms with Crippen LogP contribution in [0.3, 0.4) is 0 Å². The van der Waals surface area contributed by atoms with Crippen LogP contribution in [0.1, 0.15) is 6.42 Å². The molecule has 2 heterocycles. The van der Waals surface area contributed by atoms with Gasteiger partial charge in [-0.25, -0.2) is 9.97 Å². The van der Waals surface area contributed by atoms with Crippen LogP contribution in [0.4, 0.5) is 0 Å². The maximum absolute atomic E-state index is 6.17. The number of thioether (sulfide) groups is 1. The Morgan fingerprint density at radius 1 is 1.22 bits per heavy atom. The fraction of sp³-hybridized carbons (Fsp3) is 0.333. The molecule has 1 aliphatic rings. The van der Waals surface area contributed by atoms with E-state index in [0.29, 0.717) is 10.4 Å². The molecule has 1 saturated heterocycles. The first kappa shape index (κ1) is 13.9. The molecule has 1 aromatic heterocycles. The van der Waals surface area contributed by atoms with Crippen molar-refractivity contribution >= 4 is 46.8 Å². The fourth-order valence-corrected chi connectivity index (χ4v) is 3.24. The Labute approximate surface area is 121 Å². The van der Waals surface area contributed by atoms with Crippen molar-refractivity contribution in [2.24, 2.45) is 0 Å². The van der Waals surface area contributed by atoms with Gasteiger partial charge in [0.2, 0.25) is 0 Å². The molecular formula is C12H13Cl2N3S. The number of benzene rings is 1. The molecule has 6 heteroatoms. The van der Waals surface area contributed by atoms with Crippen molar-refractivity contribution in [1.29, 1.82) is 0 Å². The van der Waals surface area contributed by atoms with E-state index in [4.69, 9.17) is 11.6 Å². The molecule has 3 nitrogen and oxygen atoms in total. The van der Waals surface area contributed by atoms with Crippen molar-refractivity contribution < 1.29 is 0 Å². The number of hydrogen-bond donors (Lipinski definition) is 1. The SMILES string of the molecule is Cl.Clc1nc2ccccc2nc1S[C@@H]1CCNC1. The average Bonchev–Trinajstić information content (AvgIpc) is 2.83. The second-order valence-corrected chi connectivity index (χ2v) is 5.69. The van der Waals surface area contributed by atoms with E-state index < -0.39 is 0 Å². The molecular weight excluding hydrogens is 289 g/mol. The van der Waals surface area contributed by atoms with Gasteiger partial charge in [0.25, 0.3) is 0 Å². The zero-order chi connectivity index (χ0) is 11.7. The summed E-state index contributed by atoms with van der Waals surface area (Å²) >= 11 is 7.89. The number of nitrogens with one attached hydrogen (secondary N) is 1. The van der Waals surface area contributed by atoms with Gasteiger partial charge < -0.3 is 5.32 Å². The molecule has 1 fully saturated rings. The molecule has 0 unspecified atom stereocenters. The van der Waals surface area contributed by atoms with E-state index in [9.17, 15) is 0 Å². The lowest BCUT2D eigenvalue weighted by Gasteiger charge is -2.09. The molecule has 1 aliphatic heterocycles. The highest BCUT2D eigenvalue weighted by molar-refractivity contribution is 8.00. The molecule has 96 valence electrons. The van der Waals surface area contributed by atoms with Gasteiger partial charge in [-0.3, -0.25) is 0 Å². The lowest BCUT2D eigenvalue weighted by molar-refractivity contribution is 0.858. The van der Waals surface area contributed by atoms with Crippen LogP contribution in [-0.2, 0) is 0 Å². The first-order valence-corrected chi connectivity index (χ1v) is 6.88. The Bertz CT molecular complexity index is 544. The summed E-state index contributed by atoms with van der Waals surface area (Å²) in [6, 6.07) is 7.81. The van der Waals surface area contributed by atoms with E-state index in [1.807, 2.05) is 24.3 Å². The van der Waals surface area contributed by atoms with E-state index in [-0.39, 0.29) is 12.4 Å². The highest BCUT2D eigenvalue weighted by Gasteiger charge is 2.18. The summed E-state index contributed by atoms with van der Waals surface area (Å²) in [5, 5.41) is 5.26. The second-order valence-electron chi connectivity index (χ2n) is 4.04. The highest BCUT2D eigenvalue weighted by atomic mass is 35.5. The van der Waals surface area contributed by atoms with Crippen LogP contribution in [0.5, 0.6) is 0 Å². The standard InChI is InChI=1S/C12H12ClN3S.ClH/c13-11-12(17-8-5-6-14-7-8)16-10-4-2-1-3-9(10)15-11;/h1-4,8,14H,5-7H2;1H/t8-;/m1./s1. The van der Waals surface area contributed by atoms with Crippen molar-refractivity contribution in [2.75, 3.05) is 13.1 Å². The molecule has 1 atom stereocenters. The zero-order valence-corrected chi connectivity index (χ0v) is 12.0. The van der Waals surface area contributed by atoms with Crippen LogP contribution in [0.15, 0.2) is 29.3 Å². The quantitative estimate of drug-likeness (QED) is 0.925. The third-order valence-corrected chi connectivity index (χ3v) is 4.41. The summed E-state index contributed by atoms with van der Waals surface area (Å²) in [6.07, 6.45) is 1.16. The van der Waals surface area contributed by atoms with Crippen molar-refractivity contribution in [3.63, 3.8) is 0 Å². The normalized spacial score (nSPS) is 18.8. The van der Waals surface area contributed by atoms with Gasteiger partial charge in [0.15, 0.2) is 5.15 Å². The summed E-state index contributed by atoms with van der Waals surface area (Å²) in [6.45, 7) is 2.10. The van der Waals surface area contributed by atoms with Crippen LogP contribution in [-0.4, -0.2) is 28.3 Å². The van der Waals surface area contributed by atoms with Gasteiger partial charge in [0.05, 0.1) is 11.0 Å². The minimum Gasteiger partial charge on any atom is -0.316 e. The minimum absolute atomic E-state index is 0. The van der Waals surface area contributed by atoms with Gasteiger partial charge in [-0.15, -0.1) is 12.4 Å². The largest absolute Gasteiger partial charge is 0.316 e. The maximum Gasteiger partial charge on any atom is 0.161 e. The first-order chi connectivity index (χ1) is 8.33. The highest BCUT2D eigenvalue weighted by Crippen LogP contribution is 2.31. The number of aromatic nitrogens is 2. The zero-order valence-electron chi connectivity index (χ0n) is 9.60. The second kappa shape index (κ2) is 6.06. The maximum atomic E-state index is 6.17. The van der Waals surface area contributed by atoms with Crippen LogP contribution in [0.25, 0.3) is 11.0 Å². The number of rotatable bonds is 2. The summed E-state index contributed by atoms with van der Waals surface area (Å²) in [5.74, 6) is 0. The molecule has 18 heavy (non-hydrogen) atoms. The Kier molecular flexibility index (Phi) is 4.67. The summed E-state index contributed by atoms with van der Waals surface area (Å²) < 4.78 is 0. The average molecular weight is 302 g/mol. The molecule has 3 rings (SSSR count). The Hall–Kier alpha value is -0.550. The molecule has 0 bridgehead atoms. The van der Waals surface area contributed by atoms with Crippen LogP contribution < -0.4 is 5.32 Å². The predicted octanol–water partition coefficient (Wildman–Crippen LogP) is 3.16. The molecule has 0 aliphatic carbocycles. The fourth-order valence-electron chi connectivity index (χ4n) is 1.92. The van der Waals surface area contributed by atoms with Gasteiger partial charge in [-0.1, -0.05) is 35.5 Å². The lowest BCUT2D eigenvalue weighted by Crippen LogP contribution is -2.10. The lowest BCUT2D eigenvalue weighted by atomic mass is 10.3. The van der Waals surface area contributed by atoms with Gasteiger partial charge in [0.1, 0.15) is 5.03 Å². The van der Waals surface area contributed by atoms with Gasteiger partial charge in [0, 0.05) is 11.8 Å². The van der Waals surface area contributed by atoms with Gasteiger partial charge >= 0.3 is 0 Å². The summed E-state index contributed by atoms with van der Waals surface area (Å²) in [4.78, 5) is 8.96. The molecule has 0 amide bonds. The monoisotopic (exact) mass is 301 g/mol.